The van der Waals surface area contributed by atoms with Crippen LogP contribution in [0.5, 0.6) is 0 Å². The van der Waals surface area contributed by atoms with Gasteiger partial charge < -0.3 is 8.98 Å². The molecule has 2 heterocycles. The van der Waals surface area contributed by atoms with Gasteiger partial charge in [-0.15, -0.1) is 10.2 Å². The number of hydrogen-bond acceptors (Lipinski definition) is 5. The van der Waals surface area contributed by atoms with Gasteiger partial charge in [-0.1, -0.05) is 23.4 Å². The number of aryl methyl sites for hydroxylation is 1. The van der Waals surface area contributed by atoms with E-state index in [4.69, 9.17) is 16.0 Å². The predicted molar refractivity (Wildman–Crippen MR) is 99.5 cm³/mol. The van der Waals surface area contributed by atoms with E-state index in [2.05, 4.69) is 21.7 Å². The summed E-state index contributed by atoms with van der Waals surface area (Å²) in [5.74, 6) is 2.26. The summed E-state index contributed by atoms with van der Waals surface area (Å²) in [5.41, 5.74) is 2.01. The Morgan fingerprint density at radius 3 is 2.84 bits per heavy atom. The third-order valence-electron chi connectivity index (χ3n) is 4.47. The van der Waals surface area contributed by atoms with Gasteiger partial charge in [-0.3, -0.25) is 0 Å². The monoisotopic (exact) mass is 375 g/mol. The molecule has 0 N–H and O–H groups in total. The van der Waals surface area contributed by atoms with Crippen LogP contribution >= 0.6 is 23.4 Å². The van der Waals surface area contributed by atoms with E-state index >= 15 is 0 Å². The lowest BCUT2D eigenvalue weighted by Crippen LogP contribution is -2.03. The van der Waals surface area contributed by atoms with Crippen molar-refractivity contribution in [2.45, 2.75) is 50.1 Å². The summed E-state index contributed by atoms with van der Waals surface area (Å²) in [6.07, 6.45) is 2.40. The van der Waals surface area contributed by atoms with Crippen LogP contribution < -0.4 is 5.63 Å². The van der Waals surface area contributed by atoms with Crippen LogP contribution in [-0.2, 0) is 12.3 Å². The summed E-state index contributed by atoms with van der Waals surface area (Å²) in [6, 6.07) is 5.22. The van der Waals surface area contributed by atoms with Crippen LogP contribution in [0.4, 0.5) is 0 Å². The maximum Gasteiger partial charge on any atom is 0.336 e. The fourth-order valence-electron chi connectivity index (χ4n) is 2.96. The topological polar surface area (TPSA) is 60.9 Å². The maximum absolute atomic E-state index is 11.9. The maximum atomic E-state index is 11.9. The first-order chi connectivity index (χ1) is 12.1. The van der Waals surface area contributed by atoms with Gasteiger partial charge in [-0.25, -0.2) is 4.79 Å². The lowest BCUT2D eigenvalue weighted by atomic mass is 10.1. The third-order valence-corrected chi connectivity index (χ3v) is 5.89. The minimum atomic E-state index is -0.347. The highest BCUT2D eigenvalue weighted by Crippen LogP contribution is 2.40. The number of aromatic nitrogens is 3. The van der Waals surface area contributed by atoms with Gasteiger partial charge in [0.2, 0.25) is 0 Å². The molecule has 2 aromatic heterocycles. The molecular formula is C18H18ClN3O2S. The molecule has 1 fully saturated rings. The molecule has 130 valence electrons. The average molecular weight is 376 g/mol. The van der Waals surface area contributed by atoms with E-state index in [0.717, 1.165) is 34.0 Å². The lowest BCUT2D eigenvalue weighted by Gasteiger charge is -2.08. The Bertz CT molecular complexity index is 1010. The lowest BCUT2D eigenvalue weighted by molar-refractivity contribution is 0.559. The molecule has 1 aliphatic carbocycles. The van der Waals surface area contributed by atoms with Crippen LogP contribution in [-0.4, -0.2) is 14.8 Å². The van der Waals surface area contributed by atoms with Crippen molar-refractivity contribution >= 4 is 34.3 Å². The van der Waals surface area contributed by atoms with Crippen molar-refractivity contribution in [3.05, 3.63) is 50.6 Å². The minimum absolute atomic E-state index is 0.347. The molecule has 0 atom stereocenters. The van der Waals surface area contributed by atoms with Crippen LogP contribution in [0.2, 0.25) is 5.02 Å². The molecule has 0 radical (unpaired) electrons. The molecule has 0 amide bonds. The summed E-state index contributed by atoms with van der Waals surface area (Å²) < 4.78 is 7.50. The van der Waals surface area contributed by atoms with Gasteiger partial charge in [0.05, 0.1) is 0 Å². The van der Waals surface area contributed by atoms with E-state index in [1.807, 2.05) is 19.1 Å². The van der Waals surface area contributed by atoms with Crippen LogP contribution in [0.25, 0.3) is 11.0 Å². The number of nitrogens with zero attached hydrogens (tertiary/aromatic N) is 3. The molecule has 5 nitrogen and oxygen atoms in total. The SMILES string of the molecule is CCn1c(SCc2cc(=O)oc3cc(C)c(Cl)cc23)nnc1C1CC1. The quantitative estimate of drug-likeness (QED) is 0.484. The van der Waals surface area contributed by atoms with Gasteiger partial charge in [-0.05, 0) is 49.9 Å². The van der Waals surface area contributed by atoms with E-state index < -0.39 is 0 Å². The Kier molecular flexibility index (Phi) is 4.33. The van der Waals surface area contributed by atoms with Gasteiger partial charge in [0.25, 0.3) is 0 Å². The van der Waals surface area contributed by atoms with Crippen molar-refractivity contribution < 1.29 is 4.42 Å². The third kappa shape index (κ3) is 3.20. The highest BCUT2D eigenvalue weighted by molar-refractivity contribution is 7.98. The van der Waals surface area contributed by atoms with Crippen LogP contribution in [0.3, 0.4) is 0 Å². The number of benzene rings is 1. The van der Waals surface area contributed by atoms with Crippen molar-refractivity contribution in [1.29, 1.82) is 0 Å². The summed E-state index contributed by atoms with van der Waals surface area (Å²) in [7, 11) is 0. The van der Waals surface area contributed by atoms with Crippen molar-refractivity contribution in [2.24, 2.45) is 0 Å². The molecular weight excluding hydrogens is 358 g/mol. The summed E-state index contributed by atoms with van der Waals surface area (Å²) in [6.45, 7) is 4.85. The van der Waals surface area contributed by atoms with Gasteiger partial charge in [0.1, 0.15) is 11.4 Å². The standard InChI is InChI=1S/C18H18ClN3O2S/c1-3-22-17(11-4-5-11)20-21-18(22)25-9-12-7-16(23)24-15-6-10(2)14(19)8-13(12)15/h6-8,11H,3-5,9H2,1-2H3. The number of thioether (sulfide) groups is 1. The predicted octanol–water partition coefficient (Wildman–Crippen LogP) is 4.54. The van der Waals surface area contributed by atoms with Gasteiger partial charge in [0.15, 0.2) is 5.16 Å². The number of fused-ring (bicyclic) bond motifs is 1. The molecule has 0 bridgehead atoms. The van der Waals surface area contributed by atoms with E-state index in [1.54, 1.807) is 11.8 Å². The number of rotatable bonds is 5. The Hall–Kier alpha value is -1.79. The normalized spacial score (nSPS) is 14.4. The zero-order valence-electron chi connectivity index (χ0n) is 14.1. The second kappa shape index (κ2) is 6.50. The van der Waals surface area contributed by atoms with Gasteiger partial charge in [-0.2, -0.15) is 0 Å². The molecule has 3 aromatic rings. The largest absolute Gasteiger partial charge is 0.423 e. The fourth-order valence-corrected chi connectivity index (χ4v) is 4.12. The van der Waals surface area contributed by atoms with Crippen molar-refractivity contribution in [3.8, 4) is 0 Å². The highest BCUT2D eigenvalue weighted by Gasteiger charge is 2.30. The number of halogens is 1. The van der Waals surface area contributed by atoms with Crippen LogP contribution in [0.15, 0.2) is 32.6 Å². The molecule has 0 unspecified atom stereocenters. The second-order valence-electron chi connectivity index (χ2n) is 6.34. The average Bonchev–Trinajstić information content (AvgIpc) is 3.34. The zero-order valence-corrected chi connectivity index (χ0v) is 15.7. The Labute approximate surface area is 154 Å². The molecule has 7 heteroatoms. The van der Waals surface area contributed by atoms with Crippen molar-refractivity contribution in [2.75, 3.05) is 0 Å². The number of hydrogen-bond donors (Lipinski definition) is 0. The second-order valence-corrected chi connectivity index (χ2v) is 7.69. The molecule has 1 aromatic carbocycles. The van der Waals surface area contributed by atoms with E-state index in [-0.39, 0.29) is 5.63 Å². The first kappa shape index (κ1) is 16.7. The fraction of sp³-hybridized carbons (Fsp3) is 0.389. The molecule has 1 aliphatic rings. The molecule has 0 spiro atoms. The molecule has 0 saturated heterocycles. The summed E-state index contributed by atoms with van der Waals surface area (Å²) in [5, 5.41) is 11.1. The van der Waals surface area contributed by atoms with Crippen LogP contribution in [0.1, 0.15) is 42.6 Å². The first-order valence-electron chi connectivity index (χ1n) is 8.35. The summed E-state index contributed by atoms with van der Waals surface area (Å²) >= 11 is 7.85. The van der Waals surface area contributed by atoms with E-state index in [0.29, 0.717) is 22.3 Å². The Balaban J connectivity index is 1.67. The van der Waals surface area contributed by atoms with Gasteiger partial charge in [0, 0.05) is 34.7 Å². The van der Waals surface area contributed by atoms with Gasteiger partial charge >= 0.3 is 5.63 Å². The van der Waals surface area contributed by atoms with Crippen molar-refractivity contribution in [1.82, 2.24) is 14.8 Å². The summed E-state index contributed by atoms with van der Waals surface area (Å²) in [4.78, 5) is 11.9. The molecule has 1 saturated carbocycles. The highest BCUT2D eigenvalue weighted by atomic mass is 35.5. The van der Waals surface area contributed by atoms with Crippen LogP contribution in [0, 0.1) is 6.92 Å². The van der Waals surface area contributed by atoms with E-state index in [9.17, 15) is 4.79 Å². The van der Waals surface area contributed by atoms with Crippen molar-refractivity contribution in [3.63, 3.8) is 0 Å². The zero-order chi connectivity index (χ0) is 17.6. The molecule has 25 heavy (non-hydrogen) atoms. The molecule has 0 aliphatic heterocycles. The Morgan fingerprint density at radius 1 is 1.32 bits per heavy atom. The smallest absolute Gasteiger partial charge is 0.336 e. The molecule has 4 rings (SSSR count). The van der Waals surface area contributed by atoms with E-state index in [1.165, 1.54) is 18.9 Å². The minimum Gasteiger partial charge on any atom is -0.423 e. The first-order valence-corrected chi connectivity index (χ1v) is 9.72. The Morgan fingerprint density at radius 2 is 2.12 bits per heavy atom.